The first-order valence-corrected chi connectivity index (χ1v) is 5.07. The van der Waals surface area contributed by atoms with Gasteiger partial charge in [-0.3, -0.25) is 4.79 Å². The zero-order valence-electron chi connectivity index (χ0n) is 8.44. The van der Waals surface area contributed by atoms with E-state index in [2.05, 4.69) is 5.32 Å². The lowest BCUT2D eigenvalue weighted by Gasteiger charge is -2.20. The minimum Gasteiger partial charge on any atom is -0.508 e. The summed E-state index contributed by atoms with van der Waals surface area (Å²) in [5.41, 5.74) is 0.767. The second kappa shape index (κ2) is 4.31. The Labute approximate surface area is 88.5 Å². The number of hydrogen-bond acceptors (Lipinski definition) is 3. The van der Waals surface area contributed by atoms with Crippen molar-refractivity contribution in [1.29, 1.82) is 0 Å². The van der Waals surface area contributed by atoms with Crippen LogP contribution < -0.4 is 10.2 Å². The quantitative estimate of drug-likeness (QED) is 0.711. The summed E-state index contributed by atoms with van der Waals surface area (Å²) in [7, 11) is 0. The molecule has 4 nitrogen and oxygen atoms in total. The first-order valence-electron chi connectivity index (χ1n) is 5.07. The van der Waals surface area contributed by atoms with Crippen LogP contribution in [0.4, 0.5) is 5.69 Å². The van der Waals surface area contributed by atoms with Crippen molar-refractivity contribution in [2.45, 2.75) is 6.42 Å². The SMILES string of the molecule is O=C1CNCCCN1c1cccc(O)c1. The number of amides is 1. The van der Waals surface area contributed by atoms with Crippen LogP contribution in [0.15, 0.2) is 24.3 Å². The molecule has 15 heavy (non-hydrogen) atoms. The molecular formula is C11H14N2O2. The minimum atomic E-state index is 0.0538. The third kappa shape index (κ3) is 2.27. The Kier molecular flexibility index (Phi) is 2.87. The van der Waals surface area contributed by atoms with E-state index in [4.69, 9.17) is 0 Å². The van der Waals surface area contributed by atoms with Gasteiger partial charge in [0.05, 0.1) is 6.54 Å². The van der Waals surface area contributed by atoms with E-state index in [0.29, 0.717) is 13.1 Å². The summed E-state index contributed by atoms with van der Waals surface area (Å²) in [5.74, 6) is 0.246. The van der Waals surface area contributed by atoms with Gasteiger partial charge in [-0.1, -0.05) is 6.07 Å². The fourth-order valence-corrected chi connectivity index (χ4v) is 1.71. The average molecular weight is 206 g/mol. The number of rotatable bonds is 1. The van der Waals surface area contributed by atoms with E-state index in [-0.39, 0.29) is 11.7 Å². The molecule has 1 aromatic carbocycles. The van der Waals surface area contributed by atoms with Gasteiger partial charge in [0.2, 0.25) is 5.91 Å². The highest BCUT2D eigenvalue weighted by molar-refractivity contribution is 5.95. The molecule has 2 rings (SSSR count). The van der Waals surface area contributed by atoms with Crippen molar-refractivity contribution >= 4 is 11.6 Å². The van der Waals surface area contributed by atoms with Gasteiger partial charge in [-0.25, -0.2) is 0 Å². The van der Waals surface area contributed by atoms with Crippen molar-refractivity contribution in [2.75, 3.05) is 24.5 Å². The number of benzene rings is 1. The number of carbonyl (C=O) groups is 1. The van der Waals surface area contributed by atoms with Crippen LogP contribution in [0.2, 0.25) is 0 Å². The lowest BCUT2D eigenvalue weighted by molar-refractivity contribution is -0.117. The van der Waals surface area contributed by atoms with Gasteiger partial charge >= 0.3 is 0 Å². The number of nitrogens with zero attached hydrogens (tertiary/aromatic N) is 1. The van der Waals surface area contributed by atoms with E-state index in [1.54, 1.807) is 23.1 Å². The molecular weight excluding hydrogens is 192 g/mol. The van der Waals surface area contributed by atoms with E-state index in [0.717, 1.165) is 18.7 Å². The van der Waals surface area contributed by atoms with Gasteiger partial charge in [0.25, 0.3) is 0 Å². The fraction of sp³-hybridized carbons (Fsp3) is 0.364. The number of anilines is 1. The molecule has 1 amide bonds. The van der Waals surface area contributed by atoms with E-state index < -0.39 is 0 Å². The third-order valence-electron chi connectivity index (χ3n) is 2.45. The maximum Gasteiger partial charge on any atom is 0.240 e. The van der Waals surface area contributed by atoms with Crippen LogP contribution >= 0.6 is 0 Å². The lowest BCUT2D eigenvalue weighted by atomic mass is 10.2. The number of nitrogens with one attached hydrogen (secondary N) is 1. The van der Waals surface area contributed by atoms with Crippen LogP contribution in [0.1, 0.15) is 6.42 Å². The van der Waals surface area contributed by atoms with Gasteiger partial charge in [0.15, 0.2) is 0 Å². The number of phenols is 1. The molecule has 0 bridgehead atoms. The minimum absolute atomic E-state index is 0.0538. The highest BCUT2D eigenvalue weighted by Crippen LogP contribution is 2.20. The van der Waals surface area contributed by atoms with Crippen molar-refractivity contribution in [3.63, 3.8) is 0 Å². The van der Waals surface area contributed by atoms with Crippen molar-refractivity contribution in [2.24, 2.45) is 0 Å². The molecule has 0 aromatic heterocycles. The van der Waals surface area contributed by atoms with Crippen LogP contribution in [0.5, 0.6) is 5.75 Å². The normalized spacial score (nSPS) is 17.6. The second-order valence-electron chi connectivity index (χ2n) is 3.60. The number of aromatic hydroxyl groups is 1. The highest BCUT2D eigenvalue weighted by atomic mass is 16.3. The van der Waals surface area contributed by atoms with Gasteiger partial charge in [-0.15, -0.1) is 0 Å². The molecule has 0 radical (unpaired) electrons. The van der Waals surface area contributed by atoms with Crippen LogP contribution in [0.25, 0.3) is 0 Å². The van der Waals surface area contributed by atoms with Crippen molar-refractivity contribution in [3.05, 3.63) is 24.3 Å². The van der Waals surface area contributed by atoms with Crippen molar-refractivity contribution < 1.29 is 9.90 Å². The monoisotopic (exact) mass is 206 g/mol. The topological polar surface area (TPSA) is 52.6 Å². The Bertz CT molecular complexity index is 365. The summed E-state index contributed by atoms with van der Waals surface area (Å²) in [4.78, 5) is 13.4. The van der Waals surface area contributed by atoms with Crippen molar-refractivity contribution in [1.82, 2.24) is 5.32 Å². The number of hydrogen-bond donors (Lipinski definition) is 2. The van der Waals surface area contributed by atoms with Crippen LogP contribution in [-0.4, -0.2) is 30.6 Å². The summed E-state index contributed by atoms with van der Waals surface area (Å²) in [6.45, 7) is 1.94. The second-order valence-corrected chi connectivity index (χ2v) is 3.60. The van der Waals surface area contributed by atoms with Gasteiger partial charge < -0.3 is 15.3 Å². The molecule has 0 spiro atoms. The number of carbonyl (C=O) groups excluding carboxylic acids is 1. The molecule has 0 unspecified atom stereocenters. The average Bonchev–Trinajstić information content (AvgIpc) is 2.43. The molecule has 0 saturated carbocycles. The smallest absolute Gasteiger partial charge is 0.240 e. The Balaban J connectivity index is 2.24. The summed E-state index contributed by atoms with van der Waals surface area (Å²) < 4.78 is 0. The van der Waals surface area contributed by atoms with Gasteiger partial charge in [-0.05, 0) is 25.1 Å². The van der Waals surface area contributed by atoms with Gasteiger partial charge in [0.1, 0.15) is 5.75 Å². The molecule has 1 aliphatic rings. The van der Waals surface area contributed by atoms with Crippen LogP contribution in [-0.2, 0) is 4.79 Å². The summed E-state index contributed by atoms with van der Waals surface area (Å²) >= 11 is 0. The summed E-state index contributed by atoms with van der Waals surface area (Å²) in [6.07, 6.45) is 0.932. The van der Waals surface area contributed by atoms with Gasteiger partial charge in [-0.2, -0.15) is 0 Å². The Morgan fingerprint density at radius 3 is 3.07 bits per heavy atom. The Morgan fingerprint density at radius 2 is 2.27 bits per heavy atom. The molecule has 1 heterocycles. The first kappa shape index (κ1) is 9.98. The fourth-order valence-electron chi connectivity index (χ4n) is 1.71. The zero-order chi connectivity index (χ0) is 10.7. The molecule has 80 valence electrons. The Morgan fingerprint density at radius 1 is 1.40 bits per heavy atom. The molecule has 0 aliphatic carbocycles. The molecule has 1 aliphatic heterocycles. The number of phenolic OH excluding ortho intramolecular Hbond substituents is 1. The standard InChI is InChI=1S/C11H14N2O2/c14-10-4-1-3-9(7-10)13-6-2-5-12-8-11(13)15/h1,3-4,7,12,14H,2,5-6,8H2. The predicted octanol–water partition coefficient (Wildman–Crippen LogP) is 0.718. The van der Waals surface area contributed by atoms with Crippen molar-refractivity contribution in [3.8, 4) is 5.75 Å². The van der Waals surface area contributed by atoms with Gasteiger partial charge in [0, 0.05) is 18.3 Å². The summed E-state index contributed by atoms with van der Waals surface area (Å²) in [6, 6.07) is 6.80. The third-order valence-corrected chi connectivity index (χ3v) is 2.45. The summed E-state index contributed by atoms with van der Waals surface area (Å²) in [5, 5.41) is 12.4. The van der Waals surface area contributed by atoms with Crippen LogP contribution in [0.3, 0.4) is 0 Å². The maximum atomic E-state index is 11.7. The predicted molar refractivity (Wildman–Crippen MR) is 57.9 cm³/mol. The molecule has 1 aromatic rings. The molecule has 4 heteroatoms. The Hall–Kier alpha value is -1.55. The molecule has 1 saturated heterocycles. The molecule has 1 fully saturated rings. The maximum absolute atomic E-state index is 11.7. The van der Waals surface area contributed by atoms with Crippen LogP contribution in [0, 0.1) is 0 Å². The largest absolute Gasteiger partial charge is 0.508 e. The van der Waals surface area contributed by atoms with E-state index in [1.165, 1.54) is 0 Å². The molecule has 0 atom stereocenters. The zero-order valence-corrected chi connectivity index (χ0v) is 8.44. The van der Waals surface area contributed by atoms with E-state index >= 15 is 0 Å². The lowest BCUT2D eigenvalue weighted by Crippen LogP contribution is -2.34. The van der Waals surface area contributed by atoms with E-state index in [9.17, 15) is 9.90 Å². The van der Waals surface area contributed by atoms with E-state index in [1.807, 2.05) is 6.07 Å². The first-order chi connectivity index (χ1) is 7.27. The highest BCUT2D eigenvalue weighted by Gasteiger charge is 2.17. The molecule has 2 N–H and O–H groups in total.